The number of hydrogen-bond donors (Lipinski definition) is 4. The van der Waals surface area contributed by atoms with Crippen LogP contribution in [0, 0.1) is 28.6 Å². The highest BCUT2D eigenvalue weighted by Crippen LogP contribution is 2.67. The molecule has 9 nitrogen and oxygen atoms in total. The zero-order chi connectivity index (χ0) is 29.0. The molecule has 4 rings (SSSR count). The smallest absolute Gasteiger partial charge is 0.408 e. The minimum atomic E-state index is -1.60. The summed E-state index contributed by atoms with van der Waals surface area (Å²) in [5.41, 5.74) is 2.96. The number of allylic oxidation sites excluding steroid dienone is 4. The fraction of sp³-hybridized carbons (Fsp3) is 0.724. The number of Topliss-reactive ketones (excluding diaryl/α,β-unsaturated/α-hetero) is 1. The van der Waals surface area contributed by atoms with E-state index in [4.69, 9.17) is 10.5 Å². The van der Waals surface area contributed by atoms with Crippen molar-refractivity contribution in [2.45, 2.75) is 90.1 Å². The summed E-state index contributed by atoms with van der Waals surface area (Å²) in [5, 5.41) is 25.8. The quantitative estimate of drug-likeness (QED) is 0.369. The van der Waals surface area contributed by atoms with E-state index in [1.807, 2.05) is 13.0 Å². The van der Waals surface area contributed by atoms with Crippen LogP contribution in [0.25, 0.3) is 0 Å². The first-order valence-electron chi connectivity index (χ1n) is 13.8. The third-order valence-corrected chi connectivity index (χ3v) is 10.7. The second-order valence-corrected chi connectivity index (χ2v) is 14.2. The fourth-order valence-corrected chi connectivity index (χ4v) is 8.85. The average Bonchev–Trinajstić information content (AvgIpc) is 3.08. The number of primary amides is 1. The number of aliphatic hydroxyl groups is 2. The van der Waals surface area contributed by atoms with Crippen molar-refractivity contribution in [2.24, 2.45) is 34.3 Å². The van der Waals surface area contributed by atoms with Gasteiger partial charge in [0.2, 0.25) is 5.91 Å². The van der Waals surface area contributed by atoms with Crippen LogP contribution in [0.3, 0.4) is 0 Å². The molecule has 7 unspecified atom stereocenters. The molecule has 0 saturated heterocycles. The second-order valence-electron chi connectivity index (χ2n) is 13.2. The maximum absolute atomic E-state index is 13.5. The maximum atomic E-state index is 13.5. The van der Waals surface area contributed by atoms with Gasteiger partial charge in [-0.1, -0.05) is 25.5 Å². The van der Waals surface area contributed by atoms with Gasteiger partial charge in [0.25, 0.3) is 0 Å². The van der Waals surface area contributed by atoms with Gasteiger partial charge < -0.3 is 26.0 Å². The molecule has 39 heavy (non-hydrogen) atoms. The topological polar surface area (TPSA) is 156 Å². The van der Waals surface area contributed by atoms with Crippen LogP contribution in [-0.2, 0) is 19.1 Å². The van der Waals surface area contributed by atoms with Gasteiger partial charge in [0.15, 0.2) is 11.6 Å². The number of nitrogens with two attached hydrogens (primary N) is 1. The molecule has 3 fully saturated rings. The summed E-state index contributed by atoms with van der Waals surface area (Å²) in [6.45, 7) is 9.13. The Hall–Kier alpha value is -2.17. The number of thioether (sulfide) groups is 1. The van der Waals surface area contributed by atoms with E-state index in [9.17, 15) is 29.4 Å². The van der Waals surface area contributed by atoms with Crippen molar-refractivity contribution in [3.63, 3.8) is 0 Å². The lowest BCUT2D eigenvalue weighted by Gasteiger charge is -2.59. The molecule has 0 aromatic rings. The lowest BCUT2D eigenvalue weighted by atomic mass is 9.46. The minimum absolute atomic E-state index is 0.0192. The largest absolute Gasteiger partial charge is 0.444 e. The van der Waals surface area contributed by atoms with Gasteiger partial charge in [0, 0.05) is 22.5 Å². The zero-order valence-corrected chi connectivity index (χ0v) is 24.3. The Labute approximate surface area is 234 Å². The summed E-state index contributed by atoms with van der Waals surface area (Å²) >= 11 is 1.13. The van der Waals surface area contributed by atoms with Gasteiger partial charge in [-0.3, -0.25) is 14.4 Å². The highest BCUT2D eigenvalue weighted by molar-refractivity contribution is 8.00. The standard InChI is InChI=1S/C29H42N2O7S/c1-26(2,3)38-25(36)31-20(24(30)35)14-39-15-22(34)29(37)11-9-19-18-7-6-16-12-17(32)8-10-27(16,4)23(18)21(33)13-28(19,29)5/h8,10,12,18-21,23,33,37H,6-7,9,11,13-15H2,1-5H3,(H2,30,35)(H,31,36)/t18?,19?,20?,21?,23?,27?,28?,29-/m0/s1. The highest BCUT2D eigenvalue weighted by atomic mass is 32.2. The molecular weight excluding hydrogens is 520 g/mol. The molecule has 0 radical (unpaired) electrons. The summed E-state index contributed by atoms with van der Waals surface area (Å²) < 4.78 is 5.19. The lowest BCUT2D eigenvalue weighted by molar-refractivity contribution is -0.174. The van der Waals surface area contributed by atoms with E-state index in [1.54, 1.807) is 32.9 Å². The molecule has 5 N–H and O–H groups in total. The summed E-state index contributed by atoms with van der Waals surface area (Å²) in [5.74, 6) is -1.01. The monoisotopic (exact) mass is 562 g/mol. The van der Waals surface area contributed by atoms with Crippen LogP contribution in [0.1, 0.15) is 66.7 Å². The average molecular weight is 563 g/mol. The minimum Gasteiger partial charge on any atom is -0.444 e. The highest BCUT2D eigenvalue weighted by Gasteiger charge is 2.67. The molecule has 0 aromatic carbocycles. The summed E-state index contributed by atoms with van der Waals surface area (Å²) in [6, 6.07) is -1.03. The van der Waals surface area contributed by atoms with Crippen molar-refractivity contribution >= 4 is 35.3 Å². The first kappa shape index (κ1) is 29.8. The molecule has 4 aliphatic carbocycles. The molecule has 0 heterocycles. The Morgan fingerprint density at radius 3 is 2.59 bits per heavy atom. The molecule has 10 heteroatoms. The lowest BCUT2D eigenvalue weighted by Crippen LogP contribution is -2.61. The van der Waals surface area contributed by atoms with Crippen molar-refractivity contribution in [2.75, 3.05) is 11.5 Å². The van der Waals surface area contributed by atoms with Gasteiger partial charge in [-0.15, -0.1) is 0 Å². The van der Waals surface area contributed by atoms with Gasteiger partial charge in [-0.05, 0) is 76.9 Å². The van der Waals surface area contributed by atoms with Crippen molar-refractivity contribution in [3.05, 3.63) is 23.8 Å². The number of carbonyl (C=O) groups is 4. The first-order chi connectivity index (χ1) is 18.0. The molecule has 2 amide bonds. The van der Waals surface area contributed by atoms with Crippen LogP contribution in [-0.4, -0.2) is 68.6 Å². The van der Waals surface area contributed by atoms with Crippen LogP contribution in [0.2, 0.25) is 0 Å². The van der Waals surface area contributed by atoms with Gasteiger partial charge in [0.05, 0.1) is 11.9 Å². The van der Waals surface area contributed by atoms with Crippen molar-refractivity contribution < 1.29 is 34.1 Å². The Bertz CT molecular complexity index is 1110. The molecule has 3 saturated carbocycles. The number of alkyl carbamates (subject to hydrolysis) is 1. The second kappa shape index (κ2) is 10.3. The molecule has 0 bridgehead atoms. The van der Waals surface area contributed by atoms with E-state index in [0.717, 1.165) is 30.2 Å². The van der Waals surface area contributed by atoms with Gasteiger partial charge in [0.1, 0.15) is 17.2 Å². The van der Waals surface area contributed by atoms with E-state index in [-0.39, 0.29) is 40.8 Å². The first-order valence-corrected chi connectivity index (χ1v) is 14.9. The molecule has 0 aromatic heterocycles. The van der Waals surface area contributed by atoms with E-state index >= 15 is 0 Å². The number of carbonyl (C=O) groups excluding carboxylic acids is 4. The van der Waals surface area contributed by atoms with E-state index < -0.39 is 46.2 Å². The third-order valence-electron chi connectivity index (χ3n) is 9.66. The Balaban J connectivity index is 1.44. The Morgan fingerprint density at radius 2 is 1.95 bits per heavy atom. The molecular formula is C29H42N2O7S. The molecule has 4 aliphatic rings. The molecule has 0 aliphatic heterocycles. The van der Waals surface area contributed by atoms with Gasteiger partial charge in [-0.25, -0.2) is 4.79 Å². The summed E-state index contributed by atoms with van der Waals surface area (Å²) in [4.78, 5) is 49.6. The number of rotatable bonds is 7. The van der Waals surface area contributed by atoms with E-state index in [1.165, 1.54) is 0 Å². The number of ether oxygens (including phenoxy) is 1. The zero-order valence-electron chi connectivity index (χ0n) is 23.5. The Kier molecular flexibility index (Phi) is 7.90. The predicted molar refractivity (Wildman–Crippen MR) is 148 cm³/mol. The fourth-order valence-electron chi connectivity index (χ4n) is 7.82. The summed E-state index contributed by atoms with van der Waals surface area (Å²) in [6.07, 6.45) is 6.59. The van der Waals surface area contributed by atoms with Gasteiger partial charge in [-0.2, -0.15) is 11.8 Å². The molecule has 0 spiro atoms. The SMILES string of the molecule is CC(C)(C)OC(=O)NC(CSCC(=O)[C@@]1(O)CCC2C3CCC4=CC(=O)C=CC4(C)C3C(O)CC21C)C(N)=O. The van der Waals surface area contributed by atoms with Crippen LogP contribution < -0.4 is 11.1 Å². The predicted octanol–water partition coefficient (Wildman–Crippen LogP) is 2.68. The Morgan fingerprint density at radius 1 is 1.26 bits per heavy atom. The summed E-state index contributed by atoms with van der Waals surface area (Å²) in [7, 11) is 0. The van der Waals surface area contributed by atoms with E-state index in [2.05, 4.69) is 12.2 Å². The third kappa shape index (κ3) is 5.32. The van der Waals surface area contributed by atoms with Crippen molar-refractivity contribution in [3.8, 4) is 0 Å². The number of hydrogen-bond acceptors (Lipinski definition) is 8. The number of fused-ring (bicyclic) bond motifs is 5. The van der Waals surface area contributed by atoms with Gasteiger partial charge >= 0.3 is 6.09 Å². The van der Waals surface area contributed by atoms with E-state index in [0.29, 0.717) is 19.3 Å². The maximum Gasteiger partial charge on any atom is 0.408 e. The number of aliphatic hydroxyl groups excluding tert-OH is 1. The number of amides is 2. The van der Waals surface area contributed by atoms with Crippen LogP contribution in [0.4, 0.5) is 4.79 Å². The van der Waals surface area contributed by atoms with Crippen molar-refractivity contribution in [1.82, 2.24) is 5.32 Å². The van der Waals surface area contributed by atoms with Crippen LogP contribution in [0.5, 0.6) is 0 Å². The number of ketones is 2. The van der Waals surface area contributed by atoms with Crippen molar-refractivity contribution in [1.29, 1.82) is 0 Å². The number of nitrogens with one attached hydrogen (secondary N) is 1. The normalized spacial score (nSPS) is 38.1. The van der Waals surface area contributed by atoms with Crippen LogP contribution >= 0.6 is 11.8 Å². The molecule has 8 atom stereocenters. The van der Waals surface area contributed by atoms with Crippen LogP contribution in [0.15, 0.2) is 23.8 Å². The molecule has 216 valence electrons.